The van der Waals surface area contributed by atoms with E-state index in [1.807, 2.05) is 0 Å². The van der Waals surface area contributed by atoms with Gasteiger partial charge in [-0.2, -0.15) is 11.8 Å². The molecule has 0 aromatic heterocycles. The average molecular weight is 161 g/mol. The van der Waals surface area contributed by atoms with Gasteiger partial charge in [0.05, 0.1) is 0 Å². The first-order chi connectivity index (χ1) is 4.81. The van der Waals surface area contributed by atoms with Crippen LogP contribution in [0.2, 0.25) is 0 Å². The fraction of sp³-hybridized carbons (Fsp3) is 1.00. The average Bonchev–Trinajstić information content (AvgIpc) is 1.97. The maximum Gasteiger partial charge on any atom is 0.0144 e. The monoisotopic (exact) mass is 161 g/mol. The molecule has 0 amide bonds. The highest BCUT2D eigenvalue weighted by molar-refractivity contribution is 7.99. The van der Waals surface area contributed by atoms with Gasteiger partial charge >= 0.3 is 0 Å². The second kappa shape index (κ2) is 7.42. The summed E-state index contributed by atoms with van der Waals surface area (Å²) in [7, 11) is 0. The molecule has 0 saturated carbocycles. The van der Waals surface area contributed by atoms with Gasteiger partial charge in [0, 0.05) is 11.8 Å². The first-order valence-electron chi connectivity index (χ1n) is 4.13. The SMILES string of the molecule is CCCSC(C)CNCC. The van der Waals surface area contributed by atoms with Gasteiger partial charge in [0.2, 0.25) is 0 Å². The van der Waals surface area contributed by atoms with Crippen molar-refractivity contribution in [1.29, 1.82) is 0 Å². The highest BCUT2D eigenvalue weighted by atomic mass is 32.2. The van der Waals surface area contributed by atoms with Crippen molar-refractivity contribution < 1.29 is 0 Å². The highest BCUT2D eigenvalue weighted by Gasteiger charge is 1.98. The van der Waals surface area contributed by atoms with Gasteiger partial charge in [-0.3, -0.25) is 0 Å². The van der Waals surface area contributed by atoms with Crippen LogP contribution in [0.15, 0.2) is 0 Å². The molecule has 0 heterocycles. The third-order valence-electron chi connectivity index (χ3n) is 1.29. The van der Waals surface area contributed by atoms with Crippen LogP contribution in [0.3, 0.4) is 0 Å². The molecule has 1 N–H and O–H groups in total. The third kappa shape index (κ3) is 6.43. The predicted molar refractivity (Wildman–Crippen MR) is 50.8 cm³/mol. The Bertz CT molecular complexity index is 58.3. The minimum Gasteiger partial charge on any atom is -0.316 e. The molecule has 0 spiro atoms. The maximum atomic E-state index is 3.34. The van der Waals surface area contributed by atoms with E-state index in [-0.39, 0.29) is 0 Å². The molecule has 1 unspecified atom stereocenters. The van der Waals surface area contributed by atoms with E-state index in [0.717, 1.165) is 18.3 Å². The number of thioether (sulfide) groups is 1. The van der Waals surface area contributed by atoms with Crippen LogP contribution in [0.4, 0.5) is 0 Å². The Morgan fingerprint density at radius 1 is 1.40 bits per heavy atom. The van der Waals surface area contributed by atoms with Crippen molar-refractivity contribution in [1.82, 2.24) is 5.32 Å². The summed E-state index contributed by atoms with van der Waals surface area (Å²) in [6.07, 6.45) is 1.29. The molecule has 62 valence electrons. The molecule has 0 aromatic carbocycles. The van der Waals surface area contributed by atoms with E-state index in [1.54, 1.807) is 0 Å². The van der Waals surface area contributed by atoms with Crippen molar-refractivity contribution in [2.45, 2.75) is 32.4 Å². The van der Waals surface area contributed by atoms with Crippen LogP contribution in [0, 0.1) is 0 Å². The van der Waals surface area contributed by atoms with E-state index in [4.69, 9.17) is 0 Å². The molecule has 0 radical (unpaired) electrons. The van der Waals surface area contributed by atoms with E-state index in [1.165, 1.54) is 12.2 Å². The summed E-state index contributed by atoms with van der Waals surface area (Å²) in [5, 5.41) is 4.11. The van der Waals surface area contributed by atoms with E-state index in [9.17, 15) is 0 Å². The standard InChI is InChI=1S/C8H19NS/c1-4-6-10-8(3)7-9-5-2/h8-9H,4-7H2,1-3H3. The summed E-state index contributed by atoms with van der Waals surface area (Å²) in [5.74, 6) is 1.30. The summed E-state index contributed by atoms with van der Waals surface area (Å²) in [5.41, 5.74) is 0. The van der Waals surface area contributed by atoms with Crippen molar-refractivity contribution in [3.05, 3.63) is 0 Å². The van der Waals surface area contributed by atoms with Gasteiger partial charge in [-0.25, -0.2) is 0 Å². The minimum absolute atomic E-state index is 0.778. The topological polar surface area (TPSA) is 12.0 Å². The fourth-order valence-corrected chi connectivity index (χ4v) is 1.60. The highest BCUT2D eigenvalue weighted by Crippen LogP contribution is 2.09. The quantitative estimate of drug-likeness (QED) is 0.640. The minimum atomic E-state index is 0.778. The molecule has 0 aliphatic heterocycles. The molecule has 10 heavy (non-hydrogen) atoms. The zero-order valence-electron chi connectivity index (χ0n) is 7.31. The summed E-state index contributed by atoms with van der Waals surface area (Å²) >= 11 is 2.05. The molecular formula is C8H19NS. The largest absolute Gasteiger partial charge is 0.316 e. The molecular weight excluding hydrogens is 142 g/mol. The van der Waals surface area contributed by atoms with Gasteiger partial charge in [-0.05, 0) is 18.7 Å². The van der Waals surface area contributed by atoms with Crippen molar-refractivity contribution in [3.63, 3.8) is 0 Å². The van der Waals surface area contributed by atoms with Crippen LogP contribution in [0.1, 0.15) is 27.2 Å². The Morgan fingerprint density at radius 2 is 2.10 bits per heavy atom. The number of hydrogen-bond acceptors (Lipinski definition) is 2. The lowest BCUT2D eigenvalue weighted by molar-refractivity contribution is 0.712. The molecule has 0 bridgehead atoms. The smallest absolute Gasteiger partial charge is 0.0144 e. The van der Waals surface area contributed by atoms with E-state index in [0.29, 0.717) is 0 Å². The first-order valence-corrected chi connectivity index (χ1v) is 5.18. The Hall–Kier alpha value is 0.310. The summed E-state index contributed by atoms with van der Waals surface area (Å²) in [4.78, 5) is 0. The van der Waals surface area contributed by atoms with Gasteiger partial charge < -0.3 is 5.32 Å². The van der Waals surface area contributed by atoms with Crippen LogP contribution in [-0.4, -0.2) is 24.1 Å². The number of nitrogens with one attached hydrogen (secondary N) is 1. The zero-order valence-corrected chi connectivity index (χ0v) is 8.13. The Morgan fingerprint density at radius 3 is 2.60 bits per heavy atom. The van der Waals surface area contributed by atoms with Gasteiger partial charge in [-0.1, -0.05) is 20.8 Å². The van der Waals surface area contributed by atoms with E-state index >= 15 is 0 Å². The normalized spacial score (nSPS) is 13.5. The predicted octanol–water partition coefficient (Wildman–Crippen LogP) is 2.13. The van der Waals surface area contributed by atoms with Crippen LogP contribution in [0.25, 0.3) is 0 Å². The molecule has 0 rings (SSSR count). The summed E-state index contributed by atoms with van der Waals surface area (Å²) < 4.78 is 0. The summed E-state index contributed by atoms with van der Waals surface area (Å²) in [6, 6.07) is 0. The third-order valence-corrected chi connectivity index (χ3v) is 2.67. The lowest BCUT2D eigenvalue weighted by Gasteiger charge is -2.09. The Kier molecular flexibility index (Phi) is 7.65. The molecule has 0 aliphatic rings. The van der Waals surface area contributed by atoms with Crippen molar-refractivity contribution in [3.8, 4) is 0 Å². The maximum absolute atomic E-state index is 3.34. The van der Waals surface area contributed by atoms with Crippen LogP contribution >= 0.6 is 11.8 Å². The van der Waals surface area contributed by atoms with E-state index < -0.39 is 0 Å². The van der Waals surface area contributed by atoms with Gasteiger partial charge in [0.15, 0.2) is 0 Å². The number of hydrogen-bond donors (Lipinski definition) is 1. The van der Waals surface area contributed by atoms with Crippen LogP contribution in [0.5, 0.6) is 0 Å². The van der Waals surface area contributed by atoms with Crippen LogP contribution < -0.4 is 5.32 Å². The lowest BCUT2D eigenvalue weighted by Crippen LogP contribution is -2.22. The Balaban J connectivity index is 3.00. The van der Waals surface area contributed by atoms with Crippen molar-refractivity contribution in [2.75, 3.05) is 18.8 Å². The van der Waals surface area contributed by atoms with Gasteiger partial charge in [0.25, 0.3) is 0 Å². The lowest BCUT2D eigenvalue weighted by atomic mass is 10.5. The van der Waals surface area contributed by atoms with Crippen molar-refractivity contribution in [2.24, 2.45) is 0 Å². The molecule has 2 heteroatoms. The molecule has 0 aromatic rings. The zero-order chi connectivity index (χ0) is 7.82. The van der Waals surface area contributed by atoms with Crippen molar-refractivity contribution >= 4 is 11.8 Å². The second-order valence-electron chi connectivity index (χ2n) is 2.49. The van der Waals surface area contributed by atoms with Crippen LogP contribution in [-0.2, 0) is 0 Å². The number of rotatable bonds is 6. The van der Waals surface area contributed by atoms with E-state index in [2.05, 4.69) is 37.8 Å². The second-order valence-corrected chi connectivity index (χ2v) is 4.04. The molecule has 0 aliphatic carbocycles. The Labute approximate surface area is 69.0 Å². The molecule has 0 saturated heterocycles. The first kappa shape index (κ1) is 10.3. The molecule has 1 nitrogen and oxygen atoms in total. The molecule has 1 atom stereocenters. The van der Waals surface area contributed by atoms with Gasteiger partial charge in [0.1, 0.15) is 0 Å². The molecule has 0 fully saturated rings. The fourth-order valence-electron chi connectivity index (χ4n) is 0.726. The van der Waals surface area contributed by atoms with Gasteiger partial charge in [-0.15, -0.1) is 0 Å². The summed E-state index contributed by atoms with van der Waals surface area (Å²) in [6.45, 7) is 8.91.